The van der Waals surface area contributed by atoms with E-state index in [2.05, 4.69) is 18.7 Å². The molecule has 0 bridgehead atoms. The van der Waals surface area contributed by atoms with E-state index < -0.39 is 6.43 Å². The number of hydrogen-bond donors (Lipinski definition) is 0. The van der Waals surface area contributed by atoms with Crippen molar-refractivity contribution in [2.75, 3.05) is 26.2 Å². The zero-order valence-electron chi connectivity index (χ0n) is 11.5. The van der Waals surface area contributed by atoms with Gasteiger partial charge in [0, 0.05) is 17.9 Å². The highest BCUT2D eigenvalue weighted by Gasteiger charge is 2.44. The Morgan fingerprint density at radius 2 is 1.83 bits per heavy atom. The lowest BCUT2D eigenvalue weighted by molar-refractivity contribution is 0.00907. The van der Waals surface area contributed by atoms with E-state index in [0.717, 1.165) is 26.2 Å². The first-order chi connectivity index (χ1) is 8.51. The van der Waals surface area contributed by atoms with Gasteiger partial charge in [-0.05, 0) is 52.6 Å². The lowest BCUT2D eigenvalue weighted by Gasteiger charge is -2.34. The maximum atomic E-state index is 12.6. The standard InChI is InChI=1S/C14H25F2NO/c1-11(2)18-10-14(5-6-14)9-17-7-3-12(4-8-17)13(15)16/h11-13H,3-10H2,1-2H3. The van der Waals surface area contributed by atoms with E-state index in [1.54, 1.807) is 0 Å². The van der Waals surface area contributed by atoms with Crippen molar-refractivity contribution in [3.05, 3.63) is 0 Å². The van der Waals surface area contributed by atoms with Crippen molar-refractivity contribution in [1.29, 1.82) is 0 Å². The van der Waals surface area contributed by atoms with Crippen LogP contribution in [0.15, 0.2) is 0 Å². The van der Waals surface area contributed by atoms with Crippen molar-refractivity contribution in [3.63, 3.8) is 0 Å². The highest BCUT2D eigenvalue weighted by atomic mass is 19.3. The number of hydrogen-bond acceptors (Lipinski definition) is 2. The van der Waals surface area contributed by atoms with Crippen molar-refractivity contribution in [1.82, 2.24) is 4.90 Å². The molecule has 0 aromatic heterocycles. The summed E-state index contributed by atoms with van der Waals surface area (Å²) in [7, 11) is 0. The van der Waals surface area contributed by atoms with Crippen LogP contribution in [0.25, 0.3) is 0 Å². The minimum absolute atomic E-state index is 0.284. The van der Waals surface area contributed by atoms with Crippen LogP contribution in [-0.4, -0.2) is 43.7 Å². The minimum atomic E-state index is -2.13. The van der Waals surface area contributed by atoms with E-state index in [4.69, 9.17) is 4.74 Å². The maximum Gasteiger partial charge on any atom is 0.241 e. The van der Waals surface area contributed by atoms with Crippen molar-refractivity contribution >= 4 is 0 Å². The van der Waals surface area contributed by atoms with Gasteiger partial charge in [-0.1, -0.05) is 0 Å². The van der Waals surface area contributed by atoms with Crippen LogP contribution in [0.1, 0.15) is 39.5 Å². The molecule has 2 aliphatic rings. The second kappa shape index (κ2) is 5.83. The SMILES string of the molecule is CC(C)OCC1(CN2CCC(C(F)F)CC2)CC1. The van der Waals surface area contributed by atoms with Crippen LogP contribution >= 0.6 is 0 Å². The first kappa shape index (κ1) is 14.2. The lowest BCUT2D eigenvalue weighted by Crippen LogP contribution is -2.40. The molecule has 1 saturated heterocycles. The Bertz CT molecular complexity index is 259. The summed E-state index contributed by atoms with van der Waals surface area (Å²) in [5, 5.41) is 0. The molecule has 0 aromatic carbocycles. The van der Waals surface area contributed by atoms with E-state index in [0.29, 0.717) is 18.3 Å². The van der Waals surface area contributed by atoms with Gasteiger partial charge in [0.15, 0.2) is 0 Å². The molecule has 2 rings (SSSR count). The van der Waals surface area contributed by atoms with Gasteiger partial charge in [-0.25, -0.2) is 8.78 Å². The monoisotopic (exact) mass is 261 g/mol. The van der Waals surface area contributed by atoms with E-state index in [9.17, 15) is 8.78 Å². The van der Waals surface area contributed by atoms with Gasteiger partial charge < -0.3 is 9.64 Å². The molecule has 1 heterocycles. The number of ether oxygens (including phenoxy) is 1. The van der Waals surface area contributed by atoms with E-state index in [-0.39, 0.29) is 12.0 Å². The van der Waals surface area contributed by atoms with E-state index in [1.165, 1.54) is 12.8 Å². The molecule has 0 N–H and O–H groups in total. The van der Waals surface area contributed by atoms with Gasteiger partial charge in [0.25, 0.3) is 0 Å². The molecule has 0 amide bonds. The summed E-state index contributed by atoms with van der Waals surface area (Å²) in [6, 6.07) is 0. The summed E-state index contributed by atoms with van der Waals surface area (Å²) in [5.74, 6) is -0.372. The number of alkyl halides is 2. The Hall–Kier alpha value is -0.220. The molecule has 4 heteroatoms. The van der Waals surface area contributed by atoms with Crippen molar-refractivity contribution in [3.8, 4) is 0 Å². The van der Waals surface area contributed by atoms with E-state index >= 15 is 0 Å². The quantitative estimate of drug-likeness (QED) is 0.728. The number of nitrogens with zero attached hydrogens (tertiary/aromatic N) is 1. The van der Waals surface area contributed by atoms with Crippen LogP contribution in [0.2, 0.25) is 0 Å². The Kier molecular flexibility index (Phi) is 4.59. The molecule has 1 aliphatic heterocycles. The van der Waals surface area contributed by atoms with Crippen LogP contribution in [-0.2, 0) is 4.74 Å². The predicted octanol–water partition coefficient (Wildman–Crippen LogP) is 3.17. The van der Waals surface area contributed by atoms with Gasteiger partial charge in [-0.15, -0.1) is 0 Å². The fourth-order valence-corrected chi connectivity index (χ4v) is 2.71. The number of halogens is 2. The molecule has 0 spiro atoms. The highest BCUT2D eigenvalue weighted by molar-refractivity contribution is 4.96. The molecule has 0 radical (unpaired) electrons. The van der Waals surface area contributed by atoms with Gasteiger partial charge in [0.2, 0.25) is 6.43 Å². The second-order valence-corrected chi connectivity index (χ2v) is 6.31. The Morgan fingerprint density at radius 3 is 2.28 bits per heavy atom. The molecular weight excluding hydrogens is 236 g/mol. The Balaban J connectivity index is 1.71. The van der Waals surface area contributed by atoms with Crippen molar-refractivity contribution in [2.45, 2.75) is 52.1 Å². The summed E-state index contributed by atoms with van der Waals surface area (Å²) in [4.78, 5) is 2.36. The summed E-state index contributed by atoms with van der Waals surface area (Å²) >= 11 is 0. The fourth-order valence-electron chi connectivity index (χ4n) is 2.71. The Labute approximate surface area is 109 Å². The van der Waals surface area contributed by atoms with Crippen LogP contribution < -0.4 is 0 Å². The Morgan fingerprint density at radius 1 is 1.22 bits per heavy atom. The third-order valence-corrected chi connectivity index (χ3v) is 4.23. The smallest absolute Gasteiger partial charge is 0.241 e. The molecular formula is C14H25F2NO. The molecule has 1 aliphatic carbocycles. The largest absolute Gasteiger partial charge is 0.378 e. The zero-order chi connectivity index (χ0) is 13.2. The van der Waals surface area contributed by atoms with Crippen LogP contribution in [0.3, 0.4) is 0 Å². The van der Waals surface area contributed by atoms with Crippen LogP contribution in [0.5, 0.6) is 0 Å². The number of likely N-dealkylation sites (tertiary alicyclic amines) is 1. The van der Waals surface area contributed by atoms with E-state index in [1.807, 2.05) is 0 Å². The first-order valence-corrected chi connectivity index (χ1v) is 7.13. The van der Waals surface area contributed by atoms with Crippen LogP contribution in [0, 0.1) is 11.3 Å². The average molecular weight is 261 g/mol. The first-order valence-electron chi connectivity index (χ1n) is 7.13. The lowest BCUT2D eigenvalue weighted by atomic mass is 9.96. The minimum Gasteiger partial charge on any atom is -0.378 e. The topological polar surface area (TPSA) is 12.5 Å². The zero-order valence-corrected chi connectivity index (χ0v) is 11.5. The molecule has 0 unspecified atom stereocenters. The third kappa shape index (κ3) is 3.89. The summed E-state index contributed by atoms with van der Waals surface area (Å²) in [6.45, 7) is 7.65. The molecule has 0 atom stereocenters. The predicted molar refractivity (Wildman–Crippen MR) is 67.9 cm³/mol. The summed E-state index contributed by atoms with van der Waals surface area (Å²) in [6.07, 6.45) is 1.92. The average Bonchev–Trinajstić information content (AvgIpc) is 3.08. The maximum absolute atomic E-state index is 12.6. The number of piperidine rings is 1. The normalized spacial score (nSPS) is 25.0. The van der Waals surface area contributed by atoms with Gasteiger partial charge in [-0.3, -0.25) is 0 Å². The van der Waals surface area contributed by atoms with Gasteiger partial charge in [0.05, 0.1) is 12.7 Å². The molecule has 106 valence electrons. The summed E-state index contributed by atoms with van der Waals surface area (Å²) < 4.78 is 30.9. The van der Waals surface area contributed by atoms with Crippen LogP contribution in [0.4, 0.5) is 8.78 Å². The molecule has 2 fully saturated rings. The van der Waals surface area contributed by atoms with Gasteiger partial charge >= 0.3 is 0 Å². The fraction of sp³-hybridized carbons (Fsp3) is 1.00. The van der Waals surface area contributed by atoms with Gasteiger partial charge in [-0.2, -0.15) is 0 Å². The second-order valence-electron chi connectivity index (χ2n) is 6.31. The van der Waals surface area contributed by atoms with Crippen molar-refractivity contribution < 1.29 is 13.5 Å². The molecule has 2 nitrogen and oxygen atoms in total. The molecule has 1 saturated carbocycles. The van der Waals surface area contributed by atoms with Crippen molar-refractivity contribution in [2.24, 2.45) is 11.3 Å². The summed E-state index contributed by atoms with van der Waals surface area (Å²) in [5.41, 5.74) is 0.335. The number of rotatable bonds is 6. The third-order valence-electron chi connectivity index (χ3n) is 4.23. The van der Waals surface area contributed by atoms with Gasteiger partial charge in [0.1, 0.15) is 0 Å². The highest BCUT2D eigenvalue weighted by Crippen LogP contribution is 2.47. The molecule has 0 aromatic rings. The molecule has 18 heavy (non-hydrogen) atoms.